The normalized spacial score (nSPS) is 10.8. The first-order valence-corrected chi connectivity index (χ1v) is 7.49. The number of carbonyl (C=O) groups is 1. The predicted molar refractivity (Wildman–Crippen MR) is 89.7 cm³/mol. The van der Waals surface area contributed by atoms with Gasteiger partial charge in [0, 0.05) is 12.0 Å². The highest BCUT2D eigenvalue weighted by Crippen LogP contribution is 2.27. The van der Waals surface area contributed by atoms with Crippen molar-refractivity contribution in [1.82, 2.24) is 9.55 Å². The molecule has 24 heavy (non-hydrogen) atoms. The van der Waals surface area contributed by atoms with E-state index in [2.05, 4.69) is 4.98 Å². The minimum absolute atomic E-state index is 0.137. The lowest BCUT2D eigenvalue weighted by Crippen LogP contribution is -2.12. The summed E-state index contributed by atoms with van der Waals surface area (Å²) < 4.78 is 12.4. The van der Waals surface area contributed by atoms with E-state index >= 15 is 0 Å². The Morgan fingerprint density at radius 1 is 1.17 bits per heavy atom. The largest absolute Gasteiger partial charge is 0.497 e. The number of nitrogens with zero attached hydrogens (tertiary/aromatic N) is 2. The minimum Gasteiger partial charge on any atom is -0.497 e. The Hall–Kier alpha value is -3.02. The molecule has 124 valence electrons. The van der Waals surface area contributed by atoms with Gasteiger partial charge in [-0.05, 0) is 30.3 Å². The number of para-hydroxylation sites is 2. The summed E-state index contributed by atoms with van der Waals surface area (Å²) in [6.45, 7) is -0.137. The van der Waals surface area contributed by atoms with Crippen molar-refractivity contribution in [3.05, 3.63) is 53.9 Å². The van der Waals surface area contributed by atoms with E-state index < -0.39 is 5.97 Å². The summed E-state index contributed by atoms with van der Waals surface area (Å²) in [6.07, 6.45) is 0.447. The Labute approximate surface area is 139 Å². The molecule has 0 aliphatic carbocycles. The van der Waals surface area contributed by atoms with E-state index in [0.717, 1.165) is 16.6 Å². The summed E-state index contributed by atoms with van der Waals surface area (Å²) in [4.78, 5) is 15.8. The number of hydrogen-bond donors (Lipinski definition) is 1. The maximum atomic E-state index is 11.2. The standard InChI is InChI=1S/C18H18N2O4/c1-23-13-7-8-16(24-2)12(9-13)10-17-19-14-5-3-4-6-15(14)20(17)11-18(21)22/h3-9H,10-11H2,1-2H3,(H,21,22). The highest BCUT2D eigenvalue weighted by molar-refractivity contribution is 5.78. The minimum atomic E-state index is -0.906. The van der Waals surface area contributed by atoms with Gasteiger partial charge in [-0.2, -0.15) is 0 Å². The number of ether oxygens (including phenoxy) is 2. The van der Waals surface area contributed by atoms with Gasteiger partial charge < -0.3 is 19.1 Å². The average Bonchev–Trinajstić information content (AvgIpc) is 2.92. The van der Waals surface area contributed by atoms with E-state index in [9.17, 15) is 9.90 Å². The Bertz CT molecular complexity index is 886. The predicted octanol–water partition coefficient (Wildman–Crippen LogP) is 2.73. The zero-order chi connectivity index (χ0) is 17.1. The molecule has 0 aliphatic rings. The van der Waals surface area contributed by atoms with Gasteiger partial charge >= 0.3 is 5.97 Å². The van der Waals surface area contributed by atoms with Crippen molar-refractivity contribution in [2.24, 2.45) is 0 Å². The van der Waals surface area contributed by atoms with E-state index in [0.29, 0.717) is 23.7 Å². The van der Waals surface area contributed by atoms with Gasteiger partial charge in [0.1, 0.15) is 23.9 Å². The number of aromatic nitrogens is 2. The molecular weight excluding hydrogens is 308 g/mol. The quantitative estimate of drug-likeness (QED) is 0.754. The summed E-state index contributed by atoms with van der Waals surface area (Å²) in [5.41, 5.74) is 2.46. The number of methoxy groups -OCH3 is 2. The van der Waals surface area contributed by atoms with Crippen LogP contribution in [0.25, 0.3) is 11.0 Å². The van der Waals surface area contributed by atoms with Crippen LogP contribution in [0, 0.1) is 0 Å². The number of fused-ring (bicyclic) bond motifs is 1. The lowest BCUT2D eigenvalue weighted by atomic mass is 10.1. The number of imidazole rings is 1. The van der Waals surface area contributed by atoms with Crippen molar-refractivity contribution in [3.63, 3.8) is 0 Å². The maximum Gasteiger partial charge on any atom is 0.323 e. The molecule has 3 rings (SSSR count). The molecule has 0 fully saturated rings. The van der Waals surface area contributed by atoms with Gasteiger partial charge in [-0.15, -0.1) is 0 Å². The second-order valence-corrected chi connectivity index (χ2v) is 5.35. The van der Waals surface area contributed by atoms with Gasteiger partial charge in [0.05, 0.1) is 25.3 Å². The summed E-state index contributed by atoms with van der Waals surface area (Å²) in [6, 6.07) is 13.0. The van der Waals surface area contributed by atoms with Crippen LogP contribution in [0.5, 0.6) is 11.5 Å². The van der Waals surface area contributed by atoms with Crippen molar-refractivity contribution in [3.8, 4) is 11.5 Å². The fourth-order valence-electron chi connectivity index (χ4n) is 2.76. The molecule has 0 aliphatic heterocycles. The summed E-state index contributed by atoms with van der Waals surface area (Å²) in [5, 5.41) is 9.22. The summed E-state index contributed by atoms with van der Waals surface area (Å²) >= 11 is 0. The van der Waals surface area contributed by atoms with Crippen LogP contribution < -0.4 is 9.47 Å². The number of benzene rings is 2. The molecule has 0 spiro atoms. The lowest BCUT2D eigenvalue weighted by Gasteiger charge is -2.11. The second kappa shape index (κ2) is 6.62. The molecule has 0 unspecified atom stereocenters. The smallest absolute Gasteiger partial charge is 0.323 e. The van der Waals surface area contributed by atoms with Crippen molar-refractivity contribution in [1.29, 1.82) is 0 Å². The molecule has 1 heterocycles. The summed E-state index contributed by atoms with van der Waals surface area (Å²) in [7, 11) is 3.21. The van der Waals surface area contributed by atoms with Gasteiger partial charge in [0.2, 0.25) is 0 Å². The number of carboxylic acids is 1. The van der Waals surface area contributed by atoms with Crippen LogP contribution in [-0.2, 0) is 17.8 Å². The van der Waals surface area contributed by atoms with E-state index in [4.69, 9.17) is 9.47 Å². The second-order valence-electron chi connectivity index (χ2n) is 5.35. The lowest BCUT2D eigenvalue weighted by molar-refractivity contribution is -0.137. The molecule has 0 saturated carbocycles. The first-order chi connectivity index (χ1) is 11.6. The summed E-state index contributed by atoms with van der Waals surface area (Å²) in [5.74, 6) is 1.19. The molecule has 0 atom stereocenters. The number of carboxylic acid groups (broad SMARTS) is 1. The number of rotatable bonds is 6. The monoisotopic (exact) mass is 326 g/mol. The van der Waals surface area contributed by atoms with E-state index in [-0.39, 0.29) is 6.54 Å². The van der Waals surface area contributed by atoms with E-state index in [1.54, 1.807) is 18.8 Å². The zero-order valence-corrected chi connectivity index (χ0v) is 13.5. The van der Waals surface area contributed by atoms with Crippen molar-refractivity contribution in [2.75, 3.05) is 14.2 Å². The Morgan fingerprint density at radius 3 is 2.67 bits per heavy atom. The SMILES string of the molecule is COc1ccc(OC)c(Cc2nc3ccccc3n2CC(=O)O)c1. The Balaban J connectivity index is 2.08. The fourth-order valence-corrected chi connectivity index (χ4v) is 2.76. The van der Waals surface area contributed by atoms with Gasteiger partial charge in [0.25, 0.3) is 0 Å². The van der Waals surface area contributed by atoms with Crippen molar-refractivity contribution < 1.29 is 19.4 Å². The molecular formula is C18H18N2O4. The van der Waals surface area contributed by atoms with Gasteiger partial charge in [0.15, 0.2) is 0 Å². The van der Waals surface area contributed by atoms with Crippen LogP contribution in [0.1, 0.15) is 11.4 Å². The maximum absolute atomic E-state index is 11.2. The molecule has 0 bridgehead atoms. The van der Waals surface area contributed by atoms with Crippen LogP contribution >= 0.6 is 0 Å². The van der Waals surface area contributed by atoms with Crippen LogP contribution in [-0.4, -0.2) is 34.8 Å². The van der Waals surface area contributed by atoms with E-state index in [1.165, 1.54) is 0 Å². The van der Waals surface area contributed by atoms with Gasteiger partial charge in [-0.3, -0.25) is 4.79 Å². The molecule has 2 aromatic carbocycles. The molecule has 6 heteroatoms. The molecule has 0 amide bonds. The first kappa shape index (κ1) is 15.9. The molecule has 1 aromatic heterocycles. The van der Waals surface area contributed by atoms with E-state index in [1.807, 2.05) is 42.5 Å². The zero-order valence-electron chi connectivity index (χ0n) is 13.5. The Morgan fingerprint density at radius 2 is 1.96 bits per heavy atom. The van der Waals surface area contributed by atoms with Crippen LogP contribution in [0.3, 0.4) is 0 Å². The number of hydrogen-bond acceptors (Lipinski definition) is 4. The van der Waals surface area contributed by atoms with Crippen LogP contribution in [0.15, 0.2) is 42.5 Å². The van der Waals surface area contributed by atoms with Crippen molar-refractivity contribution in [2.45, 2.75) is 13.0 Å². The third-order valence-electron chi connectivity index (χ3n) is 3.86. The van der Waals surface area contributed by atoms with Crippen molar-refractivity contribution >= 4 is 17.0 Å². The topological polar surface area (TPSA) is 73.6 Å². The molecule has 6 nitrogen and oxygen atoms in total. The number of aliphatic carboxylic acids is 1. The Kier molecular flexibility index (Phi) is 4.37. The average molecular weight is 326 g/mol. The highest BCUT2D eigenvalue weighted by atomic mass is 16.5. The molecule has 1 N–H and O–H groups in total. The highest BCUT2D eigenvalue weighted by Gasteiger charge is 2.15. The van der Waals surface area contributed by atoms with Crippen LogP contribution in [0.2, 0.25) is 0 Å². The fraction of sp³-hybridized carbons (Fsp3) is 0.222. The third-order valence-corrected chi connectivity index (χ3v) is 3.86. The molecule has 3 aromatic rings. The third kappa shape index (κ3) is 3.03. The first-order valence-electron chi connectivity index (χ1n) is 7.49. The van der Waals surface area contributed by atoms with Gasteiger partial charge in [-0.1, -0.05) is 12.1 Å². The van der Waals surface area contributed by atoms with Crippen LogP contribution in [0.4, 0.5) is 0 Å². The molecule has 0 saturated heterocycles. The van der Waals surface area contributed by atoms with Gasteiger partial charge in [-0.25, -0.2) is 4.98 Å². The molecule has 0 radical (unpaired) electrons.